The molecule has 0 saturated heterocycles. The number of benzene rings is 5. The first kappa shape index (κ1) is 38.3. The number of anilines is 9. The van der Waals surface area contributed by atoms with Crippen LogP contribution in [-0.2, 0) is 60.4 Å². The van der Waals surface area contributed by atoms with E-state index >= 15 is 0 Å². The van der Waals surface area contributed by atoms with E-state index in [2.05, 4.69) is 9.80 Å². The molecule has 58 heavy (non-hydrogen) atoms. The minimum Gasteiger partial charge on any atom is -0.760 e. The van der Waals surface area contributed by atoms with Gasteiger partial charge in [0, 0.05) is 36.8 Å². The zero-order valence-electron chi connectivity index (χ0n) is 31.3. The number of imidazole rings is 2. The fraction of sp³-hybridized carbons (Fsp3) is 0.0455. The first-order chi connectivity index (χ1) is 27.9. The van der Waals surface area contributed by atoms with Crippen molar-refractivity contribution in [2.75, 3.05) is 14.7 Å². The van der Waals surface area contributed by atoms with Gasteiger partial charge in [-0.05, 0) is 72.8 Å². The summed E-state index contributed by atoms with van der Waals surface area (Å²) in [5, 5.41) is 11.1. The minimum atomic E-state index is 0. The van der Waals surface area contributed by atoms with Crippen LogP contribution in [0.1, 0.15) is 0 Å². The van der Waals surface area contributed by atoms with Gasteiger partial charge in [0.25, 0.3) is 0 Å². The molecule has 4 heterocycles. The first-order valence-electron chi connectivity index (χ1n) is 18.2. The fourth-order valence-corrected chi connectivity index (χ4v) is 7.27. The topological polar surface area (TPSA) is 81.0 Å². The minimum absolute atomic E-state index is 0. The van der Waals surface area contributed by atoms with Gasteiger partial charge in [0.2, 0.25) is 11.9 Å². The standard InChI is InChI=1S/C44H37N11S2.Pt/c1-49-30-39(54-41(56)28-37(47-54)51(32-18-8-3-9-19-32)33-20-10-4-11-21-33)45-43(49)53(36-26-16-7-17-27-36)44-46-40(31-50(44)2)55-42(57)29-38(48-55)52(34-22-12-5-13-23-34)35-24-14-6-15-25-35;/h3-31,56-57H,1-2H3;/q;+2/p-2. The van der Waals surface area contributed by atoms with E-state index in [1.807, 2.05) is 204 Å². The van der Waals surface area contributed by atoms with E-state index < -0.39 is 0 Å². The average molecular weight is 977 g/mol. The van der Waals surface area contributed by atoms with Crippen LogP contribution in [0.25, 0.3) is 11.6 Å². The second-order valence-electron chi connectivity index (χ2n) is 13.2. The Kier molecular flexibility index (Phi) is 10.9. The van der Waals surface area contributed by atoms with Crippen molar-refractivity contribution in [3.63, 3.8) is 0 Å². The summed E-state index contributed by atoms with van der Waals surface area (Å²) < 4.78 is 7.28. The third kappa shape index (κ3) is 7.38. The Morgan fingerprint density at radius 2 is 0.690 bits per heavy atom. The van der Waals surface area contributed by atoms with E-state index in [0.29, 0.717) is 45.2 Å². The molecule has 0 unspecified atom stereocenters. The van der Waals surface area contributed by atoms with Crippen molar-refractivity contribution in [3.05, 3.63) is 176 Å². The van der Waals surface area contributed by atoms with Crippen LogP contribution in [0, 0.1) is 0 Å². The van der Waals surface area contributed by atoms with Gasteiger partial charge in [-0.2, -0.15) is 9.97 Å². The van der Waals surface area contributed by atoms with Crippen LogP contribution in [-0.4, -0.2) is 38.7 Å². The molecule has 0 aliphatic heterocycles. The van der Waals surface area contributed by atoms with Crippen LogP contribution in [0.3, 0.4) is 0 Å². The number of para-hydroxylation sites is 5. The molecule has 0 N–H and O–H groups in total. The smallest absolute Gasteiger partial charge is 0.760 e. The second-order valence-corrected chi connectivity index (χ2v) is 14.0. The quantitative estimate of drug-likeness (QED) is 0.118. The summed E-state index contributed by atoms with van der Waals surface area (Å²) in [5.74, 6) is 3.68. The molecule has 0 amide bonds. The molecule has 0 aliphatic carbocycles. The Morgan fingerprint density at radius 3 is 0.983 bits per heavy atom. The number of aryl methyl sites for hydroxylation is 2. The molecular formula is C44H35N11PtS2. The van der Waals surface area contributed by atoms with Gasteiger partial charge in [0.15, 0.2) is 23.3 Å². The maximum Gasteiger partial charge on any atom is 2.00 e. The third-order valence-corrected chi connectivity index (χ3v) is 9.95. The molecule has 9 rings (SSSR count). The van der Waals surface area contributed by atoms with Gasteiger partial charge >= 0.3 is 21.1 Å². The molecule has 0 bridgehead atoms. The van der Waals surface area contributed by atoms with Gasteiger partial charge in [0.05, 0.1) is 18.1 Å². The SMILES string of the molecule is Cn1cc(-n2nc(N(c3ccccc3)c3ccccc3)cc2[S-])nc1N(c1ccccc1)c1nc(-n2nc(N(c3ccccc3)c3ccccc3)cc2[S-])cn1C.[Pt+2]. The summed E-state index contributed by atoms with van der Waals surface area (Å²) in [7, 11) is 3.89. The van der Waals surface area contributed by atoms with Gasteiger partial charge in [-0.15, -0.1) is 10.2 Å². The third-order valence-electron chi connectivity index (χ3n) is 9.37. The molecule has 4 aromatic heterocycles. The van der Waals surface area contributed by atoms with Crippen LogP contribution in [0.2, 0.25) is 0 Å². The maximum absolute atomic E-state index is 5.92. The Labute approximate surface area is 361 Å². The van der Waals surface area contributed by atoms with Crippen molar-refractivity contribution in [2.24, 2.45) is 14.1 Å². The average Bonchev–Trinajstić information content (AvgIpc) is 4.03. The molecule has 9 aromatic rings. The fourth-order valence-electron chi connectivity index (χ4n) is 6.79. The number of hydrogen-bond donors (Lipinski definition) is 0. The van der Waals surface area contributed by atoms with Gasteiger partial charge in [-0.3, -0.25) is 9.80 Å². The molecule has 14 heteroatoms. The summed E-state index contributed by atoms with van der Waals surface area (Å²) >= 11 is 11.8. The molecule has 288 valence electrons. The Bertz CT molecular complexity index is 2500. The predicted octanol–water partition coefficient (Wildman–Crippen LogP) is 9.74. The van der Waals surface area contributed by atoms with Crippen molar-refractivity contribution in [1.29, 1.82) is 0 Å². The number of rotatable bonds is 11. The Hall–Kier alpha value is -6.53. The van der Waals surface area contributed by atoms with Crippen LogP contribution in [0.15, 0.2) is 186 Å². The van der Waals surface area contributed by atoms with Gasteiger partial charge in [0.1, 0.15) is 0 Å². The molecule has 0 fully saturated rings. The van der Waals surface area contributed by atoms with Crippen molar-refractivity contribution < 1.29 is 21.1 Å². The molecule has 5 aromatic carbocycles. The van der Waals surface area contributed by atoms with Crippen LogP contribution in [0.4, 0.5) is 52.0 Å². The molecule has 0 spiro atoms. The largest absolute Gasteiger partial charge is 2.00 e. The Morgan fingerprint density at radius 1 is 0.414 bits per heavy atom. The first-order valence-corrected chi connectivity index (χ1v) is 19.0. The molecule has 0 saturated carbocycles. The summed E-state index contributed by atoms with van der Waals surface area (Å²) in [6.45, 7) is 0. The normalized spacial score (nSPS) is 10.9. The van der Waals surface area contributed by atoms with Crippen LogP contribution < -0.4 is 14.7 Å². The van der Waals surface area contributed by atoms with E-state index in [-0.39, 0.29) is 21.1 Å². The summed E-state index contributed by atoms with van der Waals surface area (Å²) in [6.07, 6.45) is 3.83. The van der Waals surface area contributed by atoms with Crippen molar-refractivity contribution >= 4 is 77.2 Å². The number of nitrogens with zero attached hydrogens (tertiary/aromatic N) is 11. The number of aromatic nitrogens is 8. The van der Waals surface area contributed by atoms with E-state index in [0.717, 1.165) is 28.4 Å². The van der Waals surface area contributed by atoms with Crippen molar-refractivity contribution in [1.82, 2.24) is 38.7 Å². The summed E-state index contributed by atoms with van der Waals surface area (Å²) in [4.78, 5) is 16.4. The molecule has 0 atom stereocenters. The van der Waals surface area contributed by atoms with Crippen LogP contribution in [0.5, 0.6) is 0 Å². The maximum atomic E-state index is 5.92. The van der Waals surface area contributed by atoms with Crippen LogP contribution >= 0.6 is 0 Å². The summed E-state index contributed by atoms with van der Waals surface area (Å²) in [6, 6.07) is 54.2. The van der Waals surface area contributed by atoms with Crippen molar-refractivity contribution in [2.45, 2.75) is 10.1 Å². The molecular weight excluding hydrogens is 942 g/mol. The van der Waals surface area contributed by atoms with E-state index in [1.54, 1.807) is 9.36 Å². The number of hydrogen-bond acceptors (Lipinski definition) is 9. The summed E-state index contributed by atoms with van der Waals surface area (Å²) in [5.41, 5.74) is 4.71. The van der Waals surface area contributed by atoms with E-state index in [9.17, 15) is 0 Å². The monoisotopic (exact) mass is 976 g/mol. The molecule has 11 nitrogen and oxygen atoms in total. The zero-order chi connectivity index (χ0) is 38.9. The molecule has 0 aliphatic rings. The zero-order valence-corrected chi connectivity index (χ0v) is 35.2. The van der Waals surface area contributed by atoms with Crippen molar-refractivity contribution in [3.8, 4) is 11.6 Å². The van der Waals surface area contributed by atoms with E-state index in [4.69, 9.17) is 45.4 Å². The van der Waals surface area contributed by atoms with Gasteiger partial charge < -0.3 is 34.4 Å². The van der Waals surface area contributed by atoms with Gasteiger partial charge in [-0.1, -0.05) is 101 Å². The molecule has 0 radical (unpaired) electrons. The van der Waals surface area contributed by atoms with E-state index in [1.165, 1.54) is 0 Å². The second kappa shape index (κ2) is 16.5. The Balaban J connectivity index is 0.00000469. The van der Waals surface area contributed by atoms with Gasteiger partial charge in [-0.25, -0.2) is 14.3 Å². The predicted molar refractivity (Wildman–Crippen MR) is 230 cm³/mol.